The number of methoxy groups -OCH3 is 1. The van der Waals surface area contributed by atoms with Crippen molar-refractivity contribution in [2.45, 2.75) is 18.8 Å². The van der Waals surface area contributed by atoms with Crippen molar-refractivity contribution in [3.05, 3.63) is 54.4 Å². The van der Waals surface area contributed by atoms with Crippen LogP contribution in [0.2, 0.25) is 0 Å². The van der Waals surface area contributed by atoms with E-state index in [1.165, 1.54) is 18.5 Å². The smallest absolute Gasteiger partial charge is 0.229 e. The number of benzene rings is 1. The molecule has 0 bridgehead atoms. The van der Waals surface area contributed by atoms with E-state index in [9.17, 15) is 0 Å². The largest absolute Gasteiger partial charge is 0.481 e. The first-order valence-corrected chi connectivity index (χ1v) is 9.15. The molecule has 8 nitrogen and oxygen atoms in total. The molecule has 1 fully saturated rings. The first-order chi connectivity index (χ1) is 13.8. The van der Waals surface area contributed by atoms with E-state index in [1.54, 1.807) is 19.4 Å². The summed E-state index contributed by atoms with van der Waals surface area (Å²) in [4.78, 5) is 13.5. The van der Waals surface area contributed by atoms with Gasteiger partial charge in [0, 0.05) is 29.1 Å². The van der Waals surface area contributed by atoms with E-state index >= 15 is 0 Å². The number of aromatic amines is 1. The Hall–Kier alpha value is -3.68. The second-order valence-electron chi connectivity index (χ2n) is 6.74. The number of pyridine rings is 1. The summed E-state index contributed by atoms with van der Waals surface area (Å²) in [5.41, 5.74) is 2.78. The average molecular weight is 373 g/mol. The summed E-state index contributed by atoms with van der Waals surface area (Å²) in [6, 6.07) is 13.6. The second kappa shape index (κ2) is 6.80. The molecule has 1 aliphatic rings. The Morgan fingerprint density at radius 1 is 1.07 bits per heavy atom. The maximum Gasteiger partial charge on any atom is 0.229 e. The molecule has 3 heterocycles. The Labute approximate surface area is 161 Å². The summed E-state index contributed by atoms with van der Waals surface area (Å²) in [6.07, 6.45) is 4.13. The van der Waals surface area contributed by atoms with Gasteiger partial charge in [0.05, 0.1) is 24.5 Å². The first-order valence-electron chi connectivity index (χ1n) is 9.15. The van der Waals surface area contributed by atoms with Crippen LogP contribution in [-0.4, -0.2) is 32.3 Å². The van der Waals surface area contributed by atoms with Crippen LogP contribution in [0.4, 0.5) is 23.3 Å². The maximum atomic E-state index is 5.10. The molecule has 3 aromatic heterocycles. The number of ether oxygens (including phenoxy) is 1. The predicted octanol–water partition coefficient (Wildman–Crippen LogP) is 4.12. The monoisotopic (exact) mass is 373 g/mol. The Balaban J connectivity index is 1.47. The van der Waals surface area contributed by atoms with Crippen molar-refractivity contribution in [2.24, 2.45) is 0 Å². The number of H-pyrrole nitrogens is 1. The summed E-state index contributed by atoms with van der Waals surface area (Å²) in [5.74, 6) is 3.10. The zero-order valence-electron chi connectivity index (χ0n) is 15.3. The van der Waals surface area contributed by atoms with Gasteiger partial charge in [-0.3, -0.25) is 5.10 Å². The molecule has 0 atom stereocenters. The predicted molar refractivity (Wildman–Crippen MR) is 107 cm³/mol. The zero-order chi connectivity index (χ0) is 18.9. The van der Waals surface area contributed by atoms with E-state index in [0.29, 0.717) is 23.6 Å². The quantitative estimate of drug-likeness (QED) is 0.467. The van der Waals surface area contributed by atoms with E-state index in [0.717, 1.165) is 22.4 Å². The van der Waals surface area contributed by atoms with Crippen LogP contribution in [0.3, 0.4) is 0 Å². The van der Waals surface area contributed by atoms with Crippen LogP contribution in [0.25, 0.3) is 10.9 Å². The van der Waals surface area contributed by atoms with E-state index < -0.39 is 0 Å². The fourth-order valence-corrected chi connectivity index (χ4v) is 3.06. The third kappa shape index (κ3) is 3.32. The molecule has 0 radical (unpaired) electrons. The highest BCUT2D eigenvalue weighted by molar-refractivity contribution is 5.91. The molecule has 1 aromatic carbocycles. The van der Waals surface area contributed by atoms with Gasteiger partial charge in [-0.15, -0.1) is 0 Å². The Morgan fingerprint density at radius 2 is 1.96 bits per heavy atom. The lowest BCUT2D eigenvalue weighted by molar-refractivity contribution is 0.398. The average Bonchev–Trinajstić information content (AvgIpc) is 3.48. The number of rotatable bonds is 6. The highest BCUT2D eigenvalue weighted by Gasteiger charge is 2.25. The fraction of sp³-hybridized carbons (Fsp3) is 0.200. The van der Waals surface area contributed by atoms with Gasteiger partial charge in [0.25, 0.3) is 0 Å². The van der Waals surface area contributed by atoms with Crippen molar-refractivity contribution < 1.29 is 4.74 Å². The van der Waals surface area contributed by atoms with Crippen LogP contribution >= 0.6 is 0 Å². The number of nitrogens with one attached hydrogen (secondary N) is 3. The minimum absolute atomic E-state index is 0.478. The zero-order valence-corrected chi connectivity index (χ0v) is 15.3. The number of hydrogen-bond acceptors (Lipinski definition) is 7. The standard InChI is InChI=1S/C20H19N7O/c1-28-18-9-8-13(11-21-18)22-20-23-15-5-3-2-4-14(15)19(25-20)24-17-10-16(26-27-17)12-6-7-12/h2-5,8-12H,6-7H2,1H3,(H3,22,23,24,25,26,27). The van der Waals surface area contributed by atoms with E-state index in [2.05, 4.69) is 41.8 Å². The topological polar surface area (TPSA) is 101 Å². The van der Waals surface area contributed by atoms with Crippen molar-refractivity contribution in [3.8, 4) is 5.88 Å². The van der Waals surface area contributed by atoms with Gasteiger partial charge >= 0.3 is 0 Å². The second-order valence-corrected chi connectivity index (χ2v) is 6.74. The molecule has 0 unspecified atom stereocenters. The molecular formula is C20H19N7O. The van der Waals surface area contributed by atoms with Crippen LogP contribution in [0.15, 0.2) is 48.7 Å². The van der Waals surface area contributed by atoms with Crippen LogP contribution in [0.5, 0.6) is 5.88 Å². The van der Waals surface area contributed by atoms with Crippen molar-refractivity contribution >= 4 is 34.2 Å². The van der Waals surface area contributed by atoms with Crippen molar-refractivity contribution in [1.82, 2.24) is 25.1 Å². The number of fused-ring (bicyclic) bond motifs is 1. The van der Waals surface area contributed by atoms with Crippen LogP contribution in [0, 0.1) is 0 Å². The SMILES string of the molecule is COc1ccc(Nc2nc(Nc3cc(C4CC4)[nH]n3)c3ccccc3n2)cn1. The Morgan fingerprint density at radius 3 is 2.75 bits per heavy atom. The summed E-state index contributed by atoms with van der Waals surface area (Å²) in [6.45, 7) is 0. The highest BCUT2D eigenvalue weighted by atomic mass is 16.5. The highest BCUT2D eigenvalue weighted by Crippen LogP contribution is 2.39. The van der Waals surface area contributed by atoms with Gasteiger partial charge in [0.1, 0.15) is 5.82 Å². The normalized spacial score (nSPS) is 13.5. The van der Waals surface area contributed by atoms with E-state index in [-0.39, 0.29) is 0 Å². The van der Waals surface area contributed by atoms with Crippen LogP contribution in [-0.2, 0) is 0 Å². The number of hydrogen-bond donors (Lipinski definition) is 3. The molecular weight excluding hydrogens is 354 g/mol. The lowest BCUT2D eigenvalue weighted by Crippen LogP contribution is -2.03. The number of nitrogens with zero attached hydrogens (tertiary/aromatic N) is 4. The number of aromatic nitrogens is 5. The minimum atomic E-state index is 0.478. The summed E-state index contributed by atoms with van der Waals surface area (Å²) >= 11 is 0. The molecule has 4 aromatic rings. The van der Waals surface area contributed by atoms with E-state index in [4.69, 9.17) is 4.74 Å². The maximum absolute atomic E-state index is 5.10. The summed E-state index contributed by atoms with van der Waals surface area (Å²) in [7, 11) is 1.59. The van der Waals surface area contributed by atoms with Gasteiger partial charge in [-0.2, -0.15) is 10.1 Å². The Kier molecular flexibility index (Phi) is 4.01. The Bertz CT molecular complexity index is 1120. The molecule has 28 heavy (non-hydrogen) atoms. The van der Waals surface area contributed by atoms with Crippen molar-refractivity contribution in [3.63, 3.8) is 0 Å². The third-order valence-electron chi connectivity index (χ3n) is 4.67. The molecule has 1 saturated carbocycles. The number of para-hydroxylation sites is 1. The fourth-order valence-electron chi connectivity index (χ4n) is 3.06. The lowest BCUT2D eigenvalue weighted by Gasteiger charge is -2.10. The van der Waals surface area contributed by atoms with Gasteiger partial charge in [-0.25, -0.2) is 9.97 Å². The van der Waals surface area contributed by atoms with Gasteiger partial charge in [-0.05, 0) is 31.0 Å². The third-order valence-corrected chi connectivity index (χ3v) is 4.67. The number of anilines is 4. The van der Waals surface area contributed by atoms with Gasteiger partial charge in [-0.1, -0.05) is 12.1 Å². The van der Waals surface area contributed by atoms with Gasteiger partial charge < -0.3 is 15.4 Å². The molecule has 1 aliphatic carbocycles. The summed E-state index contributed by atoms with van der Waals surface area (Å²) in [5, 5.41) is 14.9. The van der Waals surface area contributed by atoms with Gasteiger partial charge in [0.15, 0.2) is 5.82 Å². The molecule has 0 spiro atoms. The molecule has 3 N–H and O–H groups in total. The van der Waals surface area contributed by atoms with Crippen LogP contribution in [0.1, 0.15) is 24.5 Å². The van der Waals surface area contributed by atoms with Crippen molar-refractivity contribution in [2.75, 3.05) is 17.7 Å². The minimum Gasteiger partial charge on any atom is -0.481 e. The molecule has 8 heteroatoms. The first kappa shape index (κ1) is 16.5. The van der Waals surface area contributed by atoms with Crippen LogP contribution < -0.4 is 15.4 Å². The summed E-state index contributed by atoms with van der Waals surface area (Å²) < 4.78 is 5.10. The molecule has 0 aliphatic heterocycles. The molecule has 0 amide bonds. The molecule has 5 rings (SSSR count). The molecule has 140 valence electrons. The van der Waals surface area contributed by atoms with Gasteiger partial charge in [0.2, 0.25) is 11.8 Å². The lowest BCUT2D eigenvalue weighted by atomic mass is 10.2. The molecule has 0 saturated heterocycles. The van der Waals surface area contributed by atoms with Crippen molar-refractivity contribution in [1.29, 1.82) is 0 Å². The van der Waals surface area contributed by atoms with E-state index in [1.807, 2.05) is 30.3 Å².